The summed E-state index contributed by atoms with van der Waals surface area (Å²) in [5.74, 6) is -0.419. The summed E-state index contributed by atoms with van der Waals surface area (Å²) >= 11 is 0. The molecule has 6 heterocycles. The average molecular weight is 591 g/mol. The van der Waals surface area contributed by atoms with Crippen LogP contribution in [-0.2, 0) is 11.2 Å². The van der Waals surface area contributed by atoms with Gasteiger partial charge < -0.3 is 20.1 Å². The van der Waals surface area contributed by atoms with Crippen LogP contribution in [0.2, 0.25) is 0 Å². The Morgan fingerprint density at radius 3 is 2.79 bits per heavy atom. The molecule has 8 rings (SSSR count). The van der Waals surface area contributed by atoms with Crippen molar-refractivity contribution in [2.24, 2.45) is 0 Å². The average Bonchev–Trinajstić information content (AvgIpc) is 3.71. The smallest absolute Gasteiger partial charge is 0.319 e. The highest BCUT2D eigenvalue weighted by atomic mass is 19.1. The summed E-state index contributed by atoms with van der Waals surface area (Å²) in [5, 5.41) is 14.6. The second kappa shape index (κ2) is 10.1. The van der Waals surface area contributed by atoms with Gasteiger partial charge in [-0.3, -0.25) is 14.7 Å². The van der Waals surface area contributed by atoms with Gasteiger partial charge in [-0.1, -0.05) is 6.92 Å². The molecule has 5 atom stereocenters. The number of carbonyl (C=O) groups excluding carboxylic acids is 1. The summed E-state index contributed by atoms with van der Waals surface area (Å²) in [6.07, 6.45) is 5.90. The van der Waals surface area contributed by atoms with Crippen LogP contribution in [0.4, 0.5) is 14.6 Å². The standard InChI is InChI=1S/C32H36F2N6O3/c1-2-22-25(42)9-17-8-21(41)10-23(26(17)22)28-27(34)29-24(12-35-28)30(39-14-19-4-5-20(15-39)36-19)38-31(37-29)43-16-32-6-3-7-40(32)13-18(33)11-32/h8,10,12,18-20,22,36,41H,2-7,9,11,13-16H2,1H3/t18-,19-,20+,22?,32+/m1/s1. The predicted molar refractivity (Wildman–Crippen MR) is 157 cm³/mol. The molecule has 0 saturated carbocycles. The van der Waals surface area contributed by atoms with Crippen LogP contribution in [0.3, 0.4) is 0 Å². The lowest BCUT2D eigenvalue weighted by Gasteiger charge is -2.34. The molecule has 1 aliphatic carbocycles. The second-order valence-electron chi connectivity index (χ2n) is 13.1. The van der Waals surface area contributed by atoms with Gasteiger partial charge in [0.2, 0.25) is 0 Å². The van der Waals surface area contributed by atoms with E-state index in [9.17, 15) is 14.3 Å². The number of carbonyl (C=O) groups is 1. The predicted octanol–water partition coefficient (Wildman–Crippen LogP) is 4.05. The molecule has 4 aliphatic heterocycles. The van der Waals surface area contributed by atoms with E-state index in [-0.39, 0.29) is 47.7 Å². The van der Waals surface area contributed by atoms with Crippen LogP contribution in [-0.4, -0.2) is 87.3 Å². The van der Waals surface area contributed by atoms with E-state index in [4.69, 9.17) is 9.72 Å². The van der Waals surface area contributed by atoms with Crippen molar-refractivity contribution in [2.45, 2.75) is 81.6 Å². The van der Waals surface area contributed by atoms with Crippen LogP contribution in [0.1, 0.15) is 62.5 Å². The van der Waals surface area contributed by atoms with Gasteiger partial charge in [0.05, 0.1) is 10.9 Å². The van der Waals surface area contributed by atoms with Crippen molar-refractivity contribution in [1.29, 1.82) is 0 Å². The summed E-state index contributed by atoms with van der Waals surface area (Å²) in [6, 6.07) is 3.80. The van der Waals surface area contributed by atoms with Gasteiger partial charge >= 0.3 is 6.01 Å². The molecule has 43 heavy (non-hydrogen) atoms. The van der Waals surface area contributed by atoms with E-state index in [1.165, 1.54) is 6.07 Å². The van der Waals surface area contributed by atoms with E-state index >= 15 is 4.39 Å². The zero-order valence-electron chi connectivity index (χ0n) is 24.3. The number of phenolic OH excluding ortho intramolecular Hbond substituents is 1. The molecule has 0 amide bonds. The summed E-state index contributed by atoms with van der Waals surface area (Å²) in [6.45, 7) is 4.89. The van der Waals surface area contributed by atoms with E-state index in [1.807, 2.05) is 6.92 Å². The fraction of sp³-hybridized carbons (Fsp3) is 0.562. The van der Waals surface area contributed by atoms with Crippen molar-refractivity contribution in [3.05, 3.63) is 35.3 Å². The van der Waals surface area contributed by atoms with E-state index in [2.05, 4.69) is 25.1 Å². The summed E-state index contributed by atoms with van der Waals surface area (Å²) in [4.78, 5) is 31.1. The van der Waals surface area contributed by atoms with Crippen LogP contribution in [0.25, 0.3) is 22.2 Å². The molecule has 4 fully saturated rings. The van der Waals surface area contributed by atoms with Crippen molar-refractivity contribution in [3.8, 4) is 23.0 Å². The molecule has 1 aromatic carbocycles. The fourth-order valence-electron chi connectivity index (χ4n) is 8.49. The highest BCUT2D eigenvalue weighted by Gasteiger charge is 2.49. The first-order valence-corrected chi connectivity index (χ1v) is 15.6. The van der Waals surface area contributed by atoms with E-state index in [0.717, 1.165) is 50.9 Å². The quantitative estimate of drug-likeness (QED) is 0.440. The third-order valence-corrected chi connectivity index (χ3v) is 10.4. The van der Waals surface area contributed by atoms with Gasteiger partial charge in [0, 0.05) is 62.2 Å². The fourth-order valence-corrected chi connectivity index (χ4v) is 8.49. The topological polar surface area (TPSA) is 104 Å². The molecular weight excluding hydrogens is 554 g/mol. The lowest BCUT2D eigenvalue weighted by atomic mass is 9.91. The zero-order chi connectivity index (χ0) is 29.5. The molecule has 0 spiro atoms. The zero-order valence-corrected chi connectivity index (χ0v) is 24.3. The minimum Gasteiger partial charge on any atom is -0.508 e. The molecular formula is C32H36F2N6O3. The van der Waals surface area contributed by atoms with Crippen molar-refractivity contribution in [1.82, 2.24) is 25.2 Å². The number of hydrogen-bond acceptors (Lipinski definition) is 9. The van der Waals surface area contributed by atoms with Crippen LogP contribution in [0.5, 0.6) is 11.8 Å². The van der Waals surface area contributed by atoms with Gasteiger partial charge in [-0.15, -0.1) is 0 Å². The van der Waals surface area contributed by atoms with Crippen LogP contribution < -0.4 is 15.0 Å². The molecule has 9 nitrogen and oxygen atoms in total. The molecule has 2 bridgehead atoms. The molecule has 3 aromatic rings. The largest absolute Gasteiger partial charge is 0.508 e. The first-order valence-electron chi connectivity index (χ1n) is 15.6. The number of fused-ring (bicyclic) bond motifs is 5. The number of aromatic nitrogens is 3. The van der Waals surface area contributed by atoms with Gasteiger partial charge in [0.1, 0.15) is 41.3 Å². The molecule has 2 aromatic heterocycles. The Labute approximate surface area is 248 Å². The minimum absolute atomic E-state index is 0.0357. The molecule has 226 valence electrons. The van der Waals surface area contributed by atoms with E-state index < -0.39 is 17.5 Å². The van der Waals surface area contributed by atoms with Crippen molar-refractivity contribution >= 4 is 22.5 Å². The Morgan fingerprint density at radius 1 is 1.19 bits per heavy atom. The van der Waals surface area contributed by atoms with Gasteiger partial charge in [-0.05, 0) is 61.9 Å². The number of piperazine rings is 1. The number of nitrogens with one attached hydrogen (secondary N) is 1. The monoisotopic (exact) mass is 590 g/mol. The number of halogens is 2. The number of ketones is 1. The number of rotatable bonds is 6. The summed E-state index contributed by atoms with van der Waals surface area (Å²) in [7, 11) is 0. The third-order valence-electron chi connectivity index (χ3n) is 10.4. The highest BCUT2D eigenvalue weighted by molar-refractivity contribution is 5.97. The maximum atomic E-state index is 16.7. The number of benzene rings is 1. The number of Topliss-reactive ketones (excluding diaryl/α,β-unsaturated/α-hetero) is 1. The van der Waals surface area contributed by atoms with Gasteiger partial charge in [0.15, 0.2) is 5.82 Å². The van der Waals surface area contributed by atoms with Crippen molar-refractivity contribution in [2.75, 3.05) is 37.7 Å². The second-order valence-corrected chi connectivity index (χ2v) is 13.1. The Hall–Kier alpha value is -3.44. The molecule has 11 heteroatoms. The Balaban J connectivity index is 1.24. The van der Waals surface area contributed by atoms with Gasteiger partial charge in [0.25, 0.3) is 0 Å². The number of nitrogens with zero attached hydrogens (tertiary/aromatic N) is 5. The number of phenols is 1. The SMILES string of the molecule is CCC1C(=O)Cc2cc(O)cc(-c3ncc4c(N5C[C@H]6CC[C@@H](C5)N6)nc(OC[C@@]56CCCN5C[C@H](F)C6)nc4c3F)c21. The number of alkyl halides is 1. The number of hydrogen-bond donors (Lipinski definition) is 2. The molecule has 2 N–H and O–H groups in total. The van der Waals surface area contributed by atoms with E-state index in [1.54, 1.807) is 12.3 Å². The maximum Gasteiger partial charge on any atom is 0.319 e. The number of anilines is 1. The molecule has 1 unspecified atom stereocenters. The van der Waals surface area contributed by atoms with Crippen molar-refractivity contribution in [3.63, 3.8) is 0 Å². The minimum atomic E-state index is -0.887. The Kier molecular flexibility index (Phi) is 6.34. The van der Waals surface area contributed by atoms with Crippen LogP contribution >= 0.6 is 0 Å². The number of ether oxygens (including phenoxy) is 1. The van der Waals surface area contributed by atoms with Crippen LogP contribution in [0, 0.1) is 5.82 Å². The molecule has 5 aliphatic rings. The lowest BCUT2D eigenvalue weighted by molar-refractivity contribution is -0.119. The lowest BCUT2D eigenvalue weighted by Crippen LogP contribution is -2.51. The maximum absolute atomic E-state index is 16.7. The highest BCUT2D eigenvalue weighted by Crippen LogP contribution is 2.44. The Morgan fingerprint density at radius 2 is 2.00 bits per heavy atom. The summed E-state index contributed by atoms with van der Waals surface area (Å²) in [5.41, 5.74) is 1.58. The summed E-state index contributed by atoms with van der Waals surface area (Å²) < 4.78 is 37.4. The van der Waals surface area contributed by atoms with Gasteiger partial charge in [-0.2, -0.15) is 9.97 Å². The number of pyridine rings is 1. The normalized spacial score (nSPS) is 29.9. The Bertz CT molecular complexity index is 1620. The third kappa shape index (κ3) is 4.37. The first kappa shape index (κ1) is 27.1. The first-order chi connectivity index (χ1) is 20.8. The number of aromatic hydroxyl groups is 1. The van der Waals surface area contributed by atoms with Crippen molar-refractivity contribution < 1.29 is 23.4 Å². The molecule has 4 saturated heterocycles. The van der Waals surface area contributed by atoms with E-state index in [0.29, 0.717) is 53.8 Å². The van der Waals surface area contributed by atoms with Gasteiger partial charge in [-0.25, -0.2) is 8.78 Å². The van der Waals surface area contributed by atoms with Crippen LogP contribution in [0.15, 0.2) is 18.3 Å². The molecule has 0 radical (unpaired) electrons.